The van der Waals surface area contributed by atoms with Crippen LogP contribution in [0.5, 0.6) is 11.5 Å². The topological polar surface area (TPSA) is 69.4 Å². The second kappa shape index (κ2) is 6.41. The van der Waals surface area contributed by atoms with Crippen LogP contribution in [0.25, 0.3) is 0 Å². The molecule has 5 nitrogen and oxygen atoms in total. The van der Waals surface area contributed by atoms with Crippen LogP contribution in [0.15, 0.2) is 30.3 Å². The van der Waals surface area contributed by atoms with Gasteiger partial charge in [0.15, 0.2) is 11.5 Å². The second-order valence-electron chi connectivity index (χ2n) is 4.44. The zero-order valence-electron chi connectivity index (χ0n) is 12.1. The number of hydrogen-bond acceptors (Lipinski definition) is 5. The van der Waals surface area contributed by atoms with Crippen LogP contribution in [0.3, 0.4) is 0 Å². The number of rotatable bonds is 5. The maximum Gasteiger partial charge on any atom is 0.162 e. The number of nitrogens with one attached hydrogen (secondary N) is 1. The number of nitrogens with two attached hydrogens (primary N) is 1. The predicted molar refractivity (Wildman–Crippen MR) is 87.7 cm³/mol. The van der Waals surface area contributed by atoms with Gasteiger partial charge in [-0.2, -0.15) is 0 Å². The first-order valence-corrected chi connectivity index (χ1v) is 6.72. The maximum atomic E-state index is 5.67. The van der Waals surface area contributed by atoms with Crippen molar-refractivity contribution in [1.29, 1.82) is 0 Å². The van der Waals surface area contributed by atoms with Crippen molar-refractivity contribution < 1.29 is 9.47 Å². The lowest BCUT2D eigenvalue weighted by Gasteiger charge is -2.12. The number of pyridine rings is 1. The molecule has 0 fully saturated rings. The molecule has 1 heterocycles. The van der Waals surface area contributed by atoms with Gasteiger partial charge in [0.1, 0.15) is 10.8 Å². The number of aromatic nitrogens is 1. The van der Waals surface area contributed by atoms with Crippen LogP contribution in [-0.2, 0) is 0 Å². The molecule has 21 heavy (non-hydrogen) atoms. The van der Waals surface area contributed by atoms with Crippen molar-refractivity contribution in [1.82, 2.24) is 4.98 Å². The average molecular weight is 303 g/mol. The first-order valence-electron chi connectivity index (χ1n) is 6.31. The quantitative estimate of drug-likeness (QED) is 0.828. The smallest absolute Gasteiger partial charge is 0.162 e. The third-order valence-electron chi connectivity index (χ3n) is 2.89. The lowest BCUT2D eigenvalue weighted by atomic mass is 10.2. The minimum absolute atomic E-state index is 0.343. The molecule has 0 radical (unpaired) electrons. The second-order valence-corrected chi connectivity index (χ2v) is 4.88. The van der Waals surface area contributed by atoms with E-state index in [-0.39, 0.29) is 0 Å². The minimum atomic E-state index is 0.343. The Balaban J connectivity index is 2.31. The number of thiocarbonyl (C=S) groups is 1. The number of benzene rings is 1. The number of nitrogens with zero attached hydrogens (tertiary/aromatic N) is 1. The Hall–Kier alpha value is -2.34. The summed E-state index contributed by atoms with van der Waals surface area (Å²) in [5.41, 5.74) is 8.12. The van der Waals surface area contributed by atoms with E-state index in [1.807, 2.05) is 37.3 Å². The predicted octanol–water partition coefficient (Wildman–Crippen LogP) is 2.79. The van der Waals surface area contributed by atoms with E-state index >= 15 is 0 Å². The summed E-state index contributed by atoms with van der Waals surface area (Å²) >= 11 is 5.00. The summed E-state index contributed by atoms with van der Waals surface area (Å²) in [7, 11) is 3.19. The van der Waals surface area contributed by atoms with Gasteiger partial charge in [-0.3, -0.25) is 0 Å². The SMILES string of the molecule is COc1ccc(Nc2cc(C(N)=S)cc(C)n2)cc1OC. The van der Waals surface area contributed by atoms with Crippen LogP contribution in [0, 0.1) is 6.92 Å². The van der Waals surface area contributed by atoms with Crippen molar-refractivity contribution in [2.75, 3.05) is 19.5 Å². The van der Waals surface area contributed by atoms with Crippen LogP contribution in [0.1, 0.15) is 11.3 Å². The van der Waals surface area contributed by atoms with E-state index in [9.17, 15) is 0 Å². The zero-order valence-corrected chi connectivity index (χ0v) is 13.0. The fourth-order valence-corrected chi connectivity index (χ4v) is 2.05. The van der Waals surface area contributed by atoms with Crippen molar-refractivity contribution in [3.8, 4) is 11.5 Å². The molecule has 2 aromatic rings. The summed E-state index contributed by atoms with van der Waals surface area (Å²) in [4.78, 5) is 4.75. The van der Waals surface area contributed by atoms with Crippen molar-refractivity contribution in [3.05, 3.63) is 41.6 Å². The molecule has 0 aliphatic rings. The molecular formula is C15H17N3O2S. The Labute approximate surface area is 129 Å². The van der Waals surface area contributed by atoms with Gasteiger partial charge in [-0.05, 0) is 31.2 Å². The van der Waals surface area contributed by atoms with E-state index < -0.39 is 0 Å². The van der Waals surface area contributed by atoms with Gasteiger partial charge in [-0.15, -0.1) is 0 Å². The van der Waals surface area contributed by atoms with Gasteiger partial charge in [-0.25, -0.2) is 4.98 Å². The van der Waals surface area contributed by atoms with Crippen LogP contribution >= 0.6 is 12.2 Å². The molecule has 1 aromatic carbocycles. The summed E-state index contributed by atoms with van der Waals surface area (Å²) in [6.07, 6.45) is 0. The molecule has 2 rings (SSSR count). The first kappa shape index (κ1) is 15.1. The molecule has 1 aromatic heterocycles. The zero-order chi connectivity index (χ0) is 15.4. The standard InChI is InChI=1S/C15H17N3O2S/c1-9-6-10(15(16)21)7-14(17-9)18-11-4-5-12(19-2)13(8-11)20-3/h4-8H,1-3H3,(H2,16,21)(H,17,18). The highest BCUT2D eigenvalue weighted by Gasteiger charge is 2.07. The van der Waals surface area contributed by atoms with Gasteiger partial charge < -0.3 is 20.5 Å². The Morgan fingerprint density at radius 3 is 2.48 bits per heavy atom. The van der Waals surface area contributed by atoms with Crippen LogP contribution in [-0.4, -0.2) is 24.2 Å². The number of hydrogen-bond donors (Lipinski definition) is 2. The van der Waals surface area contributed by atoms with Crippen LogP contribution < -0.4 is 20.5 Å². The fourth-order valence-electron chi connectivity index (χ4n) is 1.94. The average Bonchev–Trinajstić information content (AvgIpc) is 2.46. The Morgan fingerprint density at radius 1 is 1.14 bits per heavy atom. The monoisotopic (exact) mass is 303 g/mol. The van der Waals surface area contributed by atoms with Gasteiger partial charge in [0, 0.05) is 23.0 Å². The summed E-state index contributed by atoms with van der Waals surface area (Å²) in [5, 5.41) is 3.20. The highest BCUT2D eigenvalue weighted by Crippen LogP contribution is 2.30. The van der Waals surface area contributed by atoms with Gasteiger partial charge in [0.25, 0.3) is 0 Å². The molecular weight excluding hydrogens is 286 g/mol. The normalized spacial score (nSPS) is 10.0. The molecule has 0 unspecified atom stereocenters. The molecule has 0 aliphatic carbocycles. The number of anilines is 2. The Kier molecular flexibility index (Phi) is 4.59. The van der Waals surface area contributed by atoms with Gasteiger partial charge in [0.2, 0.25) is 0 Å². The Morgan fingerprint density at radius 2 is 1.86 bits per heavy atom. The summed E-state index contributed by atoms with van der Waals surface area (Å²) < 4.78 is 10.5. The third kappa shape index (κ3) is 3.61. The molecule has 3 N–H and O–H groups in total. The number of methoxy groups -OCH3 is 2. The molecule has 0 saturated carbocycles. The van der Waals surface area contributed by atoms with Gasteiger partial charge in [0.05, 0.1) is 14.2 Å². The van der Waals surface area contributed by atoms with Crippen molar-refractivity contribution >= 4 is 28.7 Å². The lowest BCUT2D eigenvalue weighted by molar-refractivity contribution is 0.355. The fraction of sp³-hybridized carbons (Fsp3) is 0.200. The van der Waals surface area contributed by atoms with Crippen molar-refractivity contribution in [2.45, 2.75) is 6.92 Å². The van der Waals surface area contributed by atoms with Crippen molar-refractivity contribution in [2.24, 2.45) is 5.73 Å². The van der Waals surface area contributed by atoms with Crippen LogP contribution in [0.2, 0.25) is 0 Å². The van der Waals surface area contributed by atoms with E-state index in [4.69, 9.17) is 27.4 Å². The molecule has 0 atom stereocenters. The summed E-state index contributed by atoms with van der Waals surface area (Å²) in [6, 6.07) is 9.20. The molecule has 0 aliphatic heterocycles. The molecule has 110 valence electrons. The van der Waals surface area contributed by atoms with Crippen molar-refractivity contribution in [3.63, 3.8) is 0 Å². The van der Waals surface area contributed by atoms with E-state index in [1.165, 1.54) is 0 Å². The van der Waals surface area contributed by atoms with Crippen LogP contribution in [0.4, 0.5) is 11.5 Å². The number of aryl methyl sites for hydroxylation is 1. The number of ether oxygens (including phenoxy) is 2. The molecule has 0 amide bonds. The lowest BCUT2D eigenvalue weighted by Crippen LogP contribution is -2.10. The third-order valence-corrected chi connectivity index (χ3v) is 3.13. The highest BCUT2D eigenvalue weighted by atomic mass is 32.1. The van der Waals surface area contributed by atoms with E-state index in [0.717, 1.165) is 16.9 Å². The first-order chi connectivity index (χ1) is 10.0. The summed E-state index contributed by atoms with van der Waals surface area (Å²) in [5.74, 6) is 1.99. The van der Waals surface area contributed by atoms with Gasteiger partial charge >= 0.3 is 0 Å². The van der Waals surface area contributed by atoms with E-state index in [1.54, 1.807) is 14.2 Å². The molecule has 0 saturated heterocycles. The Bertz CT molecular complexity index is 674. The minimum Gasteiger partial charge on any atom is -0.493 e. The van der Waals surface area contributed by atoms with E-state index in [0.29, 0.717) is 22.3 Å². The largest absolute Gasteiger partial charge is 0.493 e. The molecule has 0 spiro atoms. The maximum absolute atomic E-state index is 5.67. The van der Waals surface area contributed by atoms with E-state index in [2.05, 4.69) is 10.3 Å². The molecule has 6 heteroatoms. The molecule has 0 bridgehead atoms. The van der Waals surface area contributed by atoms with Gasteiger partial charge in [-0.1, -0.05) is 12.2 Å². The summed E-state index contributed by atoms with van der Waals surface area (Å²) in [6.45, 7) is 1.89. The highest BCUT2D eigenvalue weighted by molar-refractivity contribution is 7.80.